The third kappa shape index (κ3) is 5.72. The van der Waals surface area contributed by atoms with Crippen LogP contribution in [0.3, 0.4) is 0 Å². The summed E-state index contributed by atoms with van der Waals surface area (Å²) < 4.78 is 5.41. The van der Waals surface area contributed by atoms with Crippen LogP contribution in [0.4, 0.5) is 10.6 Å². The number of aryl methyl sites for hydroxylation is 1. The van der Waals surface area contributed by atoms with E-state index in [0.717, 1.165) is 0 Å². The second-order valence-electron chi connectivity index (χ2n) is 7.43. The number of anilines is 1. The van der Waals surface area contributed by atoms with E-state index < -0.39 is 11.6 Å². The summed E-state index contributed by atoms with van der Waals surface area (Å²) in [5, 5.41) is 13.4. The van der Waals surface area contributed by atoms with Gasteiger partial charge in [0.1, 0.15) is 17.0 Å². The molecule has 2 N–H and O–H groups in total. The normalized spacial score (nSPS) is 15.5. The van der Waals surface area contributed by atoms with Gasteiger partial charge in [-0.2, -0.15) is 0 Å². The van der Waals surface area contributed by atoms with E-state index >= 15 is 0 Å². The fraction of sp³-hybridized carbons (Fsp3) is 0.667. The number of hydrogen-bond acceptors (Lipinski definition) is 7. The van der Waals surface area contributed by atoms with E-state index in [-0.39, 0.29) is 17.7 Å². The van der Waals surface area contributed by atoms with Crippen molar-refractivity contribution in [1.82, 2.24) is 14.9 Å². The molecule has 0 atom stereocenters. The molecule has 8 nitrogen and oxygen atoms in total. The number of likely N-dealkylation sites (tertiary alicyclic amines) is 1. The van der Waals surface area contributed by atoms with Gasteiger partial charge in [0.15, 0.2) is 5.16 Å². The first-order chi connectivity index (χ1) is 12.6. The van der Waals surface area contributed by atoms with Gasteiger partial charge in [0, 0.05) is 19.1 Å². The highest BCUT2D eigenvalue weighted by Crippen LogP contribution is 2.24. The molecule has 27 heavy (non-hydrogen) atoms. The molecule has 9 heteroatoms. The van der Waals surface area contributed by atoms with E-state index in [2.05, 4.69) is 15.3 Å². The van der Waals surface area contributed by atoms with Gasteiger partial charge in [-0.3, -0.25) is 0 Å². The summed E-state index contributed by atoms with van der Waals surface area (Å²) in [6.07, 6.45) is 3.45. The van der Waals surface area contributed by atoms with Gasteiger partial charge in [0.25, 0.3) is 0 Å². The minimum Gasteiger partial charge on any atom is -0.477 e. The summed E-state index contributed by atoms with van der Waals surface area (Å²) in [6, 6.07) is 0.0381. The quantitative estimate of drug-likeness (QED) is 0.577. The molecule has 1 aromatic rings. The molecule has 2 rings (SSSR count). The number of amides is 1. The van der Waals surface area contributed by atoms with Gasteiger partial charge >= 0.3 is 12.1 Å². The van der Waals surface area contributed by atoms with Gasteiger partial charge in [-0.1, -0.05) is 18.7 Å². The molecule has 0 saturated carbocycles. The number of carbonyl (C=O) groups is 2. The molecule has 1 fully saturated rings. The van der Waals surface area contributed by atoms with Crippen LogP contribution in [0, 0.1) is 0 Å². The number of aromatic nitrogens is 2. The third-order valence-electron chi connectivity index (χ3n) is 4.18. The first-order valence-corrected chi connectivity index (χ1v) is 10.3. The van der Waals surface area contributed by atoms with Crippen LogP contribution in [0.5, 0.6) is 0 Å². The van der Waals surface area contributed by atoms with Crippen LogP contribution in [-0.4, -0.2) is 63.0 Å². The van der Waals surface area contributed by atoms with E-state index in [1.54, 1.807) is 4.90 Å². The lowest BCUT2D eigenvalue weighted by molar-refractivity contribution is 0.0210. The number of rotatable bonds is 5. The summed E-state index contributed by atoms with van der Waals surface area (Å²) in [6.45, 7) is 8.51. The van der Waals surface area contributed by atoms with Crippen molar-refractivity contribution in [1.29, 1.82) is 0 Å². The fourth-order valence-electron chi connectivity index (χ4n) is 2.89. The Morgan fingerprint density at radius 3 is 2.41 bits per heavy atom. The van der Waals surface area contributed by atoms with Gasteiger partial charge in [0.05, 0.1) is 5.69 Å². The fourth-order valence-corrected chi connectivity index (χ4v) is 3.27. The van der Waals surface area contributed by atoms with Crippen molar-refractivity contribution in [3.63, 3.8) is 0 Å². The minimum absolute atomic E-state index is 0.0381. The van der Waals surface area contributed by atoms with Crippen molar-refractivity contribution in [3.8, 4) is 0 Å². The predicted octanol–water partition coefficient (Wildman–Crippen LogP) is 3.27. The molecule has 1 aromatic heterocycles. The van der Waals surface area contributed by atoms with Crippen LogP contribution >= 0.6 is 11.8 Å². The Kier molecular flexibility index (Phi) is 6.91. The Bertz CT molecular complexity index is 697. The Morgan fingerprint density at radius 2 is 1.93 bits per heavy atom. The topological polar surface area (TPSA) is 105 Å². The van der Waals surface area contributed by atoms with Crippen molar-refractivity contribution < 1.29 is 19.4 Å². The molecular weight excluding hydrogens is 368 g/mol. The van der Waals surface area contributed by atoms with Crippen molar-refractivity contribution >= 4 is 29.6 Å². The monoisotopic (exact) mass is 396 g/mol. The molecule has 0 aromatic carbocycles. The highest BCUT2D eigenvalue weighted by molar-refractivity contribution is 7.98. The number of carbonyl (C=O) groups excluding carboxylic acids is 1. The SMILES string of the molecule is CCc1nc(SC)nc(NC2CCN(C(=O)OC(C)(C)C)CC2)c1C(=O)O. The van der Waals surface area contributed by atoms with Crippen molar-refractivity contribution in [2.24, 2.45) is 0 Å². The standard InChI is InChI=1S/C18H28N4O4S/c1-6-12-13(15(23)24)14(21-16(20-12)27-5)19-11-7-9-22(10-8-11)17(25)26-18(2,3)4/h11H,6-10H2,1-5H3,(H,23,24)(H,19,20,21). The third-order valence-corrected chi connectivity index (χ3v) is 4.73. The second kappa shape index (κ2) is 8.77. The number of carboxylic acid groups (broad SMARTS) is 1. The Hall–Kier alpha value is -2.03. The maximum Gasteiger partial charge on any atom is 0.410 e. The number of thioether (sulfide) groups is 1. The Morgan fingerprint density at radius 1 is 1.30 bits per heavy atom. The minimum atomic E-state index is -1.03. The van der Waals surface area contributed by atoms with Crippen molar-refractivity contribution in [2.75, 3.05) is 24.7 Å². The first kappa shape index (κ1) is 21.3. The zero-order chi connectivity index (χ0) is 20.2. The molecule has 1 amide bonds. The molecule has 1 aliphatic heterocycles. The number of aromatic carboxylic acids is 1. The van der Waals surface area contributed by atoms with Crippen LogP contribution in [0.25, 0.3) is 0 Å². The van der Waals surface area contributed by atoms with Crippen LogP contribution in [0.1, 0.15) is 56.6 Å². The highest BCUT2D eigenvalue weighted by atomic mass is 32.2. The van der Waals surface area contributed by atoms with Crippen LogP contribution < -0.4 is 5.32 Å². The molecular formula is C18H28N4O4S. The second-order valence-corrected chi connectivity index (χ2v) is 8.20. The van der Waals surface area contributed by atoms with Gasteiger partial charge in [-0.15, -0.1) is 0 Å². The van der Waals surface area contributed by atoms with Crippen molar-refractivity contribution in [2.45, 2.75) is 63.8 Å². The summed E-state index contributed by atoms with van der Waals surface area (Å²) in [5.74, 6) is -0.678. The average molecular weight is 397 g/mol. The number of hydrogen-bond donors (Lipinski definition) is 2. The van der Waals surface area contributed by atoms with Crippen molar-refractivity contribution in [3.05, 3.63) is 11.3 Å². The van der Waals surface area contributed by atoms with E-state index in [1.807, 2.05) is 34.0 Å². The van der Waals surface area contributed by atoms with Crippen LogP contribution in [0.15, 0.2) is 5.16 Å². The van der Waals surface area contributed by atoms with E-state index in [4.69, 9.17) is 4.74 Å². The summed E-state index contributed by atoms with van der Waals surface area (Å²) in [5.41, 5.74) is 0.134. The van der Waals surface area contributed by atoms with Gasteiger partial charge in [-0.05, 0) is 46.3 Å². The first-order valence-electron chi connectivity index (χ1n) is 9.07. The number of ether oxygens (including phenoxy) is 1. The number of piperidine rings is 1. The average Bonchev–Trinajstić information content (AvgIpc) is 2.59. The summed E-state index contributed by atoms with van der Waals surface area (Å²) >= 11 is 1.38. The lowest BCUT2D eigenvalue weighted by Crippen LogP contribution is -2.44. The van der Waals surface area contributed by atoms with E-state index in [9.17, 15) is 14.7 Å². The Balaban J connectivity index is 2.09. The van der Waals surface area contributed by atoms with E-state index in [1.165, 1.54) is 11.8 Å². The maximum atomic E-state index is 12.2. The van der Waals surface area contributed by atoms with Gasteiger partial charge < -0.3 is 20.1 Å². The van der Waals surface area contributed by atoms with Crippen LogP contribution in [-0.2, 0) is 11.2 Å². The van der Waals surface area contributed by atoms with E-state index in [0.29, 0.717) is 49.0 Å². The largest absolute Gasteiger partial charge is 0.477 e. The zero-order valence-corrected chi connectivity index (χ0v) is 17.4. The highest BCUT2D eigenvalue weighted by Gasteiger charge is 2.28. The lowest BCUT2D eigenvalue weighted by atomic mass is 10.0. The molecule has 0 bridgehead atoms. The van der Waals surface area contributed by atoms with Crippen LogP contribution in [0.2, 0.25) is 0 Å². The smallest absolute Gasteiger partial charge is 0.410 e. The molecule has 0 aliphatic carbocycles. The summed E-state index contributed by atoms with van der Waals surface area (Å²) in [4.78, 5) is 34.3. The zero-order valence-electron chi connectivity index (χ0n) is 16.5. The maximum absolute atomic E-state index is 12.2. The molecule has 2 heterocycles. The number of carboxylic acids is 1. The lowest BCUT2D eigenvalue weighted by Gasteiger charge is -2.34. The predicted molar refractivity (Wildman–Crippen MR) is 105 cm³/mol. The molecule has 0 unspecified atom stereocenters. The number of nitrogens with one attached hydrogen (secondary N) is 1. The van der Waals surface area contributed by atoms with Gasteiger partial charge in [-0.25, -0.2) is 19.6 Å². The summed E-state index contributed by atoms with van der Waals surface area (Å²) in [7, 11) is 0. The Labute approximate surface area is 164 Å². The molecule has 150 valence electrons. The molecule has 1 aliphatic rings. The number of nitrogens with zero attached hydrogens (tertiary/aromatic N) is 3. The molecule has 0 radical (unpaired) electrons. The molecule has 0 spiro atoms. The van der Waals surface area contributed by atoms with Gasteiger partial charge in [0.2, 0.25) is 0 Å². The molecule has 1 saturated heterocycles.